The largest absolute Gasteiger partial charge is 0.309 e. The quantitative estimate of drug-likeness (QED) is 0.150. The molecule has 0 aliphatic rings. The van der Waals surface area contributed by atoms with Crippen molar-refractivity contribution in [1.82, 2.24) is 4.57 Å². The van der Waals surface area contributed by atoms with E-state index in [1.54, 1.807) is 0 Å². The molecule has 0 fully saturated rings. The Labute approximate surface area is 350 Å². The first kappa shape index (κ1) is 35.2. The second-order valence-electron chi connectivity index (χ2n) is 15.3. The van der Waals surface area contributed by atoms with Crippen molar-refractivity contribution in [2.45, 2.75) is 0 Å². The summed E-state index contributed by atoms with van der Waals surface area (Å²) >= 11 is 0. The number of anilines is 3. The summed E-state index contributed by atoms with van der Waals surface area (Å²) in [5, 5.41) is 4.86. The minimum absolute atomic E-state index is 1.08. The van der Waals surface area contributed by atoms with Crippen LogP contribution in [0, 0.1) is 0 Å². The zero-order valence-electron chi connectivity index (χ0n) is 33.0. The van der Waals surface area contributed by atoms with Crippen molar-refractivity contribution in [3.63, 3.8) is 0 Å². The molecule has 282 valence electrons. The lowest BCUT2D eigenvalue weighted by Gasteiger charge is -2.30. The molecule has 2 nitrogen and oxygen atoms in total. The molecule has 11 aromatic rings. The molecule has 0 radical (unpaired) electrons. The zero-order valence-corrected chi connectivity index (χ0v) is 33.0. The number of benzene rings is 10. The molecule has 0 bridgehead atoms. The maximum absolute atomic E-state index is 2.50. The summed E-state index contributed by atoms with van der Waals surface area (Å²) in [6, 6.07) is 88.0. The number of nitrogens with zero attached hydrogens (tertiary/aromatic N) is 2. The third-order valence-corrected chi connectivity index (χ3v) is 11.8. The van der Waals surface area contributed by atoms with Gasteiger partial charge in [0.25, 0.3) is 0 Å². The van der Waals surface area contributed by atoms with Crippen LogP contribution < -0.4 is 4.90 Å². The van der Waals surface area contributed by atoms with Crippen molar-refractivity contribution >= 4 is 49.6 Å². The van der Waals surface area contributed by atoms with Crippen LogP contribution in [0.15, 0.2) is 243 Å². The summed E-state index contributed by atoms with van der Waals surface area (Å²) in [7, 11) is 0. The molecule has 1 aromatic heterocycles. The summed E-state index contributed by atoms with van der Waals surface area (Å²) in [5.74, 6) is 0. The fourth-order valence-electron chi connectivity index (χ4n) is 9.06. The number of aromatic nitrogens is 1. The second-order valence-corrected chi connectivity index (χ2v) is 15.3. The standard InChI is InChI=1S/C58H40N2/c1-4-18-41(19-5-1)42-34-36-45(37-35-42)49-39-38-47(40-53(49)44-20-6-2-7-21-44)60(54-30-14-12-27-51(54)50-29-16-23-43-22-10-11-26-48(43)50)57-33-17-32-56-58(57)52-28-13-15-31-55(52)59(56)46-24-8-3-9-25-46/h1-40H. The van der Waals surface area contributed by atoms with Gasteiger partial charge < -0.3 is 9.47 Å². The van der Waals surface area contributed by atoms with Crippen LogP contribution in [0.25, 0.3) is 82.8 Å². The molecular formula is C58H40N2. The molecule has 0 atom stereocenters. The smallest absolute Gasteiger partial charge is 0.0562 e. The van der Waals surface area contributed by atoms with E-state index in [1.165, 1.54) is 71.6 Å². The molecule has 60 heavy (non-hydrogen) atoms. The van der Waals surface area contributed by atoms with E-state index in [4.69, 9.17) is 0 Å². The lowest BCUT2D eigenvalue weighted by molar-refractivity contribution is 1.18. The van der Waals surface area contributed by atoms with E-state index in [0.717, 1.165) is 28.3 Å². The van der Waals surface area contributed by atoms with Crippen LogP contribution in [-0.2, 0) is 0 Å². The van der Waals surface area contributed by atoms with E-state index in [9.17, 15) is 0 Å². The molecule has 10 aromatic carbocycles. The number of hydrogen-bond donors (Lipinski definition) is 0. The van der Waals surface area contributed by atoms with Crippen LogP contribution in [0.4, 0.5) is 17.1 Å². The first-order chi connectivity index (χ1) is 29.8. The van der Waals surface area contributed by atoms with Crippen molar-refractivity contribution in [2.75, 3.05) is 4.90 Å². The summed E-state index contributed by atoms with van der Waals surface area (Å²) in [5.41, 5.74) is 16.3. The topological polar surface area (TPSA) is 8.17 Å². The number of hydrogen-bond acceptors (Lipinski definition) is 1. The van der Waals surface area contributed by atoms with Gasteiger partial charge in [0.15, 0.2) is 0 Å². The van der Waals surface area contributed by atoms with Gasteiger partial charge in [0, 0.05) is 27.7 Å². The average Bonchev–Trinajstić information content (AvgIpc) is 3.68. The zero-order chi connectivity index (χ0) is 39.8. The van der Waals surface area contributed by atoms with Gasteiger partial charge in [0.05, 0.1) is 22.4 Å². The Morgan fingerprint density at radius 1 is 0.300 bits per heavy atom. The highest BCUT2D eigenvalue weighted by molar-refractivity contribution is 6.17. The Morgan fingerprint density at radius 2 is 0.833 bits per heavy atom. The monoisotopic (exact) mass is 764 g/mol. The molecule has 0 amide bonds. The Morgan fingerprint density at radius 3 is 1.63 bits per heavy atom. The van der Waals surface area contributed by atoms with E-state index >= 15 is 0 Å². The van der Waals surface area contributed by atoms with Crippen molar-refractivity contribution in [3.05, 3.63) is 243 Å². The van der Waals surface area contributed by atoms with Crippen molar-refractivity contribution in [2.24, 2.45) is 0 Å². The highest BCUT2D eigenvalue weighted by Gasteiger charge is 2.24. The van der Waals surface area contributed by atoms with Crippen molar-refractivity contribution in [3.8, 4) is 50.2 Å². The van der Waals surface area contributed by atoms with Gasteiger partial charge in [0.2, 0.25) is 0 Å². The van der Waals surface area contributed by atoms with Crippen LogP contribution in [-0.4, -0.2) is 4.57 Å². The normalized spacial score (nSPS) is 11.3. The van der Waals surface area contributed by atoms with Gasteiger partial charge in [-0.3, -0.25) is 0 Å². The molecule has 0 aliphatic heterocycles. The number of rotatable bonds is 8. The second kappa shape index (κ2) is 15.1. The van der Waals surface area contributed by atoms with Crippen LogP contribution in [0.5, 0.6) is 0 Å². The van der Waals surface area contributed by atoms with Gasteiger partial charge in [-0.1, -0.05) is 194 Å². The fourth-order valence-corrected chi connectivity index (χ4v) is 9.06. The fraction of sp³-hybridized carbons (Fsp3) is 0. The van der Waals surface area contributed by atoms with Gasteiger partial charge in [-0.05, 0) is 98.2 Å². The Kier molecular flexibility index (Phi) is 8.87. The molecule has 0 saturated heterocycles. The maximum atomic E-state index is 2.50. The molecular weight excluding hydrogens is 725 g/mol. The third-order valence-electron chi connectivity index (χ3n) is 11.8. The lowest BCUT2D eigenvalue weighted by atomic mass is 9.92. The molecule has 0 saturated carbocycles. The third kappa shape index (κ3) is 6.14. The molecule has 0 N–H and O–H groups in total. The Hall–Kier alpha value is -7.94. The van der Waals surface area contributed by atoms with Gasteiger partial charge >= 0.3 is 0 Å². The van der Waals surface area contributed by atoms with Gasteiger partial charge in [-0.15, -0.1) is 0 Å². The van der Waals surface area contributed by atoms with Gasteiger partial charge in [-0.25, -0.2) is 0 Å². The average molecular weight is 765 g/mol. The number of fused-ring (bicyclic) bond motifs is 4. The predicted molar refractivity (Wildman–Crippen MR) is 255 cm³/mol. The number of para-hydroxylation sites is 3. The van der Waals surface area contributed by atoms with Crippen LogP contribution in [0.2, 0.25) is 0 Å². The van der Waals surface area contributed by atoms with Crippen molar-refractivity contribution < 1.29 is 0 Å². The molecule has 0 unspecified atom stereocenters. The van der Waals surface area contributed by atoms with Crippen LogP contribution in [0.3, 0.4) is 0 Å². The lowest BCUT2D eigenvalue weighted by Crippen LogP contribution is -2.12. The SMILES string of the molecule is c1ccc(-c2ccc(-c3ccc(N(c4ccccc4-c4cccc5ccccc45)c4cccc5c4c4ccccc4n5-c4ccccc4)cc3-c3ccccc3)cc2)cc1. The summed E-state index contributed by atoms with van der Waals surface area (Å²) in [6.45, 7) is 0. The summed E-state index contributed by atoms with van der Waals surface area (Å²) in [4.78, 5) is 2.50. The summed E-state index contributed by atoms with van der Waals surface area (Å²) < 4.78 is 2.40. The van der Waals surface area contributed by atoms with E-state index in [-0.39, 0.29) is 0 Å². The van der Waals surface area contributed by atoms with Gasteiger partial charge in [-0.2, -0.15) is 0 Å². The Balaban J connectivity index is 1.19. The maximum Gasteiger partial charge on any atom is 0.0562 e. The first-order valence-electron chi connectivity index (χ1n) is 20.6. The molecule has 0 spiro atoms. The molecule has 2 heteroatoms. The first-order valence-corrected chi connectivity index (χ1v) is 20.6. The summed E-state index contributed by atoms with van der Waals surface area (Å²) in [6.07, 6.45) is 0. The van der Waals surface area contributed by atoms with Crippen LogP contribution in [0.1, 0.15) is 0 Å². The molecule has 0 aliphatic carbocycles. The van der Waals surface area contributed by atoms with E-state index in [0.29, 0.717) is 0 Å². The Bertz CT molecular complexity index is 3290. The van der Waals surface area contributed by atoms with E-state index in [2.05, 4.69) is 252 Å². The van der Waals surface area contributed by atoms with Crippen molar-refractivity contribution in [1.29, 1.82) is 0 Å². The van der Waals surface area contributed by atoms with E-state index in [1.807, 2.05) is 0 Å². The van der Waals surface area contributed by atoms with Gasteiger partial charge in [0.1, 0.15) is 0 Å². The predicted octanol–water partition coefficient (Wildman–Crippen LogP) is 16.1. The molecule has 1 heterocycles. The van der Waals surface area contributed by atoms with Crippen LogP contribution >= 0.6 is 0 Å². The van der Waals surface area contributed by atoms with E-state index < -0.39 is 0 Å². The highest BCUT2D eigenvalue weighted by Crippen LogP contribution is 2.49. The molecule has 11 rings (SSSR count). The minimum atomic E-state index is 1.08. The highest BCUT2D eigenvalue weighted by atomic mass is 15.2. The minimum Gasteiger partial charge on any atom is -0.309 e.